The normalized spacial score (nSPS) is 18.2. The Labute approximate surface area is 191 Å². The van der Waals surface area contributed by atoms with E-state index in [0.717, 1.165) is 25.7 Å². The molecule has 3 aromatic rings. The number of fused-ring (bicyclic) bond motifs is 1. The summed E-state index contributed by atoms with van der Waals surface area (Å²) in [6, 6.07) is 12.5. The van der Waals surface area contributed by atoms with Crippen molar-refractivity contribution in [2.24, 2.45) is 11.8 Å². The molecule has 3 aromatic carbocycles. The SMILES string of the molecule is C/C=C/C1CCC(C#Cc2ccc(-c3ccc4c(F)c(C=C(F)F)ccc4c3)c(F)c2)CC1. The number of hydrogen-bond acceptors (Lipinski definition) is 0. The third kappa shape index (κ3) is 5.37. The molecule has 0 radical (unpaired) electrons. The van der Waals surface area contributed by atoms with E-state index >= 15 is 0 Å². The third-order valence-corrected chi connectivity index (χ3v) is 6.19. The lowest BCUT2D eigenvalue weighted by Crippen LogP contribution is -2.11. The van der Waals surface area contributed by atoms with E-state index in [1.807, 2.05) is 6.92 Å². The minimum absolute atomic E-state index is 0.181. The molecule has 0 saturated heterocycles. The number of hydrogen-bond donors (Lipinski definition) is 0. The van der Waals surface area contributed by atoms with Gasteiger partial charge in [0.05, 0.1) is 0 Å². The molecular formula is C29H24F4. The van der Waals surface area contributed by atoms with Gasteiger partial charge in [-0.05, 0) is 67.7 Å². The maximum absolute atomic E-state index is 14.9. The summed E-state index contributed by atoms with van der Waals surface area (Å²) in [5, 5.41) is 0.721. The second-order valence-electron chi connectivity index (χ2n) is 8.44. The van der Waals surface area contributed by atoms with Crippen molar-refractivity contribution < 1.29 is 17.6 Å². The Morgan fingerprint density at radius 1 is 0.939 bits per heavy atom. The summed E-state index contributed by atoms with van der Waals surface area (Å²) in [5.74, 6) is 6.27. The molecule has 1 fully saturated rings. The standard InChI is InChI=1S/C29H24F4/c1-2-3-19-4-6-20(7-5-19)8-9-21-10-14-25(27(30)16-21)22-13-15-26-23(17-22)11-12-24(29(26)33)18-28(31)32/h2-3,10-20H,4-7H2,1H3/b3-2+. The second-order valence-corrected chi connectivity index (χ2v) is 8.44. The first-order valence-corrected chi connectivity index (χ1v) is 11.1. The highest BCUT2D eigenvalue weighted by molar-refractivity contribution is 5.89. The van der Waals surface area contributed by atoms with E-state index < -0.39 is 17.7 Å². The van der Waals surface area contributed by atoms with E-state index in [1.54, 1.807) is 30.3 Å². The molecular weight excluding hydrogens is 424 g/mol. The summed E-state index contributed by atoms with van der Waals surface area (Å²) < 4.78 is 54.4. The Bertz CT molecular complexity index is 1280. The first kappa shape index (κ1) is 22.9. The fourth-order valence-corrected chi connectivity index (χ4v) is 4.45. The Kier molecular flexibility index (Phi) is 6.99. The van der Waals surface area contributed by atoms with Crippen LogP contribution >= 0.6 is 0 Å². The molecule has 4 rings (SSSR count). The Hall–Kier alpha value is -3.32. The predicted molar refractivity (Wildman–Crippen MR) is 127 cm³/mol. The van der Waals surface area contributed by atoms with Crippen LogP contribution in [0.25, 0.3) is 28.0 Å². The zero-order valence-corrected chi connectivity index (χ0v) is 18.3. The van der Waals surface area contributed by atoms with Crippen LogP contribution in [0.4, 0.5) is 17.6 Å². The quantitative estimate of drug-likeness (QED) is 0.213. The second kappa shape index (κ2) is 10.1. The fourth-order valence-electron chi connectivity index (χ4n) is 4.45. The van der Waals surface area contributed by atoms with Gasteiger partial charge in [0.25, 0.3) is 6.08 Å². The van der Waals surface area contributed by atoms with Crippen molar-refractivity contribution >= 4 is 16.8 Å². The monoisotopic (exact) mass is 448 g/mol. The van der Waals surface area contributed by atoms with Crippen molar-refractivity contribution in [3.05, 3.63) is 89.5 Å². The van der Waals surface area contributed by atoms with Gasteiger partial charge in [0.15, 0.2) is 0 Å². The van der Waals surface area contributed by atoms with Gasteiger partial charge in [0, 0.05) is 34.1 Å². The van der Waals surface area contributed by atoms with Crippen molar-refractivity contribution in [2.45, 2.75) is 32.6 Å². The smallest absolute Gasteiger partial charge is 0.206 e. The van der Waals surface area contributed by atoms with Gasteiger partial charge in [0.2, 0.25) is 0 Å². The first-order valence-electron chi connectivity index (χ1n) is 11.1. The first-order chi connectivity index (χ1) is 15.9. The molecule has 0 atom stereocenters. The van der Waals surface area contributed by atoms with Crippen LogP contribution < -0.4 is 0 Å². The van der Waals surface area contributed by atoms with Crippen molar-refractivity contribution in [3.63, 3.8) is 0 Å². The molecule has 0 bridgehead atoms. The zero-order chi connectivity index (χ0) is 23.4. The lowest BCUT2D eigenvalue weighted by Gasteiger charge is -2.22. The molecule has 168 valence electrons. The Morgan fingerprint density at radius 3 is 2.42 bits per heavy atom. The average Bonchev–Trinajstić information content (AvgIpc) is 2.80. The van der Waals surface area contributed by atoms with E-state index in [4.69, 9.17) is 0 Å². The van der Waals surface area contributed by atoms with Crippen LogP contribution in [0.2, 0.25) is 0 Å². The van der Waals surface area contributed by atoms with Crippen LogP contribution in [-0.2, 0) is 0 Å². The van der Waals surface area contributed by atoms with Gasteiger partial charge in [-0.2, -0.15) is 8.78 Å². The lowest BCUT2D eigenvalue weighted by atomic mass is 9.82. The minimum atomic E-state index is -1.96. The summed E-state index contributed by atoms with van der Waals surface area (Å²) in [6.45, 7) is 2.05. The molecule has 0 aliphatic heterocycles. The molecule has 0 unspecified atom stereocenters. The molecule has 0 nitrogen and oxygen atoms in total. The van der Waals surface area contributed by atoms with Gasteiger partial charge < -0.3 is 0 Å². The number of rotatable bonds is 3. The zero-order valence-electron chi connectivity index (χ0n) is 18.3. The largest absolute Gasteiger partial charge is 0.271 e. The van der Waals surface area contributed by atoms with Gasteiger partial charge in [-0.25, -0.2) is 8.78 Å². The van der Waals surface area contributed by atoms with Gasteiger partial charge >= 0.3 is 0 Å². The van der Waals surface area contributed by atoms with Crippen LogP contribution in [0.1, 0.15) is 43.7 Å². The molecule has 1 aliphatic carbocycles. The maximum atomic E-state index is 14.9. The van der Waals surface area contributed by atoms with Crippen LogP contribution in [0, 0.1) is 35.3 Å². The third-order valence-electron chi connectivity index (χ3n) is 6.19. The van der Waals surface area contributed by atoms with E-state index in [-0.39, 0.29) is 10.9 Å². The highest BCUT2D eigenvalue weighted by Crippen LogP contribution is 2.31. The van der Waals surface area contributed by atoms with Gasteiger partial charge in [-0.3, -0.25) is 0 Å². The molecule has 0 heterocycles. The van der Waals surface area contributed by atoms with Crippen molar-refractivity contribution in [2.75, 3.05) is 0 Å². The molecule has 4 heteroatoms. The van der Waals surface area contributed by atoms with Crippen LogP contribution in [0.15, 0.2) is 66.8 Å². The van der Waals surface area contributed by atoms with Crippen molar-refractivity contribution in [1.82, 2.24) is 0 Å². The number of benzene rings is 3. The lowest BCUT2D eigenvalue weighted by molar-refractivity contribution is 0.364. The molecule has 33 heavy (non-hydrogen) atoms. The number of allylic oxidation sites excluding steroid dienone is 2. The topological polar surface area (TPSA) is 0 Å². The highest BCUT2D eigenvalue weighted by Gasteiger charge is 2.17. The van der Waals surface area contributed by atoms with Gasteiger partial charge in [-0.15, -0.1) is 0 Å². The van der Waals surface area contributed by atoms with Gasteiger partial charge in [-0.1, -0.05) is 54.3 Å². The molecule has 0 amide bonds. The number of halogens is 4. The summed E-state index contributed by atoms with van der Waals surface area (Å²) in [6.07, 6.45) is 7.30. The summed E-state index contributed by atoms with van der Waals surface area (Å²) >= 11 is 0. The molecule has 0 aromatic heterocycles. The average molecular weight is 449 g/mol. The summed E-state index contributed by atoms with van der Waals surface area (Å²) in [5.41, 5.74) is 1.41. The summed E-state index contributed by atoms with van der Waals surface area (Å²) in [4.78, 5) is 0. The summed E-state index contributed by atoms with van der Waals surface area (Å²) in [7, 11) is 0. The predicted octanol–water partition coefficient (Wildman–Crippen LogP) is 8.76. The van der Waals surface area contributed by atoms with Crippen molar-refractivity contribution in [3.8, 4) is 23.0 Å². The van der Waals surface area contributed by atoms with E-state index in [1.165, 1.54) is 18.2 Å². The van der Waals surface area contributed by atoms with Crippen molar-refractivity contribution in [1.29, 1.82) is 0 Å². The minimum Gasteiger partial charge on any atom is -0.206 e. The van der Waals surface area contributed by atoms with E-state index in [9.17, 15) is 17.6 Å². The van der Waals surface area contributed by atoms with E-state index in [2.05, 4.69) is 24.0 Å². The fraction of sp³-hybridized carbons (Fsp3) is 0.241. The van der Waals surface area contributed by atoms with E-state index in [0.29, 0.717) is 40.0 Å². The highest BCUT2D eigenvalue weighted by atomic mass is 19.3. The van der Waals surface area contributed by atoms with Crippen LogP contribution in [0.5, 0.6) is 0 Å². The molecule has 0 spiro atoms. The molecule has 0 N–H and O–H groups in total. The van der Waals surface area contributed by atoms with Crippen LogP contribution in [-0.4, -0.2) is 0 Å². The molecule has 1 saturated carbocycles. The Balaban J connectivity index is 1.54. The van der Waals surface area contributed by atoms with Crippen LogP contribution in [0.3, 0.4) is 0 Å². The Morgan fingerprint density at radius 2 is 1.73 bits per heavy atom. The molecule has 1 aliphatic rings. The maximum Gasteiger partial charge on any atom is 0.271 e. The van der Waals surface area contributed by atoms with Gasteiger partial charge in [0.1, 0.15) is 11.6 Å².